The zero-order valence-electron chi connectivity index (χ0n) is 14.8. The van der Waals surface area contributed by atoms with Gasteiger partial charge in [-0.3, -0.25) is 9.59 Å². The largest absolute Gasteiger partial charge is 0.455 e. The SMILES string of the molecule is Cc1ccc(NC(=O)COC(=O)Cc2ccc3c(c2)CCCC3)c(Br)c1. The Labute approximate surface area is 162 Å². The molecule has 0 aliphatic heterocycles. The van der Waals surface area contributed by atoms with Crippen molar-refractivity contribution in [2.24, 2.45) is 0 Å². The zero-order valence-corrected chi connectivity index (χ0v) is 16.4. The van der Waals surface area contributed by atoms with Crippen LogP contribution in [0.25, 0.3) is 0 Å². The summed E-state index contributed by atoms with van der Waals surface area (Å²) in [5, 5.41) is 2.73. The van der Waals surface area contributed by atoms with Crippen LogP contribution in [0, 0.1) is 6.92 Å². The Balaban J connectivity index is 1.50. The van der Waals surface area contributed by atoms with Crippen molar-refractivity contribution >= 4 is 33.5 Å². The Morgan fingerprint density at radius 2 is 1.85 bits per heavy atom. The summed E-state index contributed by atoms with van der Waals surface area (Å²) >= 11 is 3.41. The number of anilines is 1. The van der Waals surface area contributed by atoms with E-state index in [1.54, 1.807) is 0 Å². The highest BCUT2D eigenvalue weighted by molar-refractivity contribution is 9.10. The molecule has 0 saturated heterocycles. The number of fused-ring (bicyclic) bond motifs is 1. The maximum Gasteiger partial charge on any atom is 0.310 e. The molecular formula is C21H22BrNO3. The average Bonchev–Trinajstić information content (AvgIpc) is 2.62. The Bertz CT molecular complexity index is 832. The van der Waals surface area contributed by atoms with Gasteiger partial charge in [-0.2, -0.15) is 0 Å². The molecule has 3 rings (SSSR count). The Hall–Kier alpha value is -2.14. The Morgan fingerprint density at radius 1 is 1.08 bits per heavy atom. The quantitative estimate of drug-likeness (QED) is 0.737. The van der Waals surface area contributed by atoms with Gasteiger partial charge in [-0.05, 0) is 82.9 Å². The predicted octanol–water partition coefficient (Wildman–Crippen LogP) is 4.36. The molecule has 0 aromatic heterocycles. The monoisotopic (exact) mass is 415 g/mol. The first-order chi connectivity index (χ1) is 12.5. The summed E-state index contributed by atoms with van der Waals surface area (Å²) in [4.78, 5) is 24.0. The Morgan fingerprint density at radius 3 is 2.62 bits per heavy atom. The number of hydrogen-bond donors (Lipinski definition) is 1. The molecule has 0 saturated carbocycles. The van der Waals surface area contributed by atoms with Gasteiger partial charge in [0, 0.05) is 4.47 Å². The van der Waals surface area contributed by atoms with Crippen molar-refractivity contribution in [1.82, 2.24) is 0 Å². The van der Waals surface area contributed by atoms with Crippen LogP contribution in [0.3, 0.4) is 0 Å². The molecule has 0 fully saturated rings. The highest BCUT2D eigenvalue weighted by Gasteiger charge is 2.13. The normalized spacial score (nSPS) is 13.0. The smallest absolute Gasteiger partial charge is 0.310 e. The number of aryl methyl sites for hydroxylation is 3. The fraction of sp³-hybridized carbons (Fsp3) is 0.333. The lowest BCUT2D eigenvalue weighted by Crippen LogP contribution is -2.22. The first-order valence-corrected chi connectivity index (χ1v) is 9.63. The van der Waals surface area contributed by atoms with Crippen LogP contribution in [0.1, 0.15) is 35.1 Å². The van der Waals surface area contributed by atoms with Crippen molar-refractivity contribution in [3.05, 3.63) is 63.1 Å². The first kappa shape index (κ1) is 18.6. The van der Waals surface area contributed by atoms with E-state index in [0.29, 0.717) is 5.69 Å². The molecule has 0 unspecified atom stereocenters. The number of benzene rings is 2. The van der Waals surface area contributed by atoms with Crippen LogP contribution in [0.2, 0.25) is 0 Å². The molecule has 5 heteroatoms. The number of carbonyl (C=O) groups excluding carboxylic acids is 2. The molecule has 0 spiro atoms. The fourth-order valence-electron chi connectivity index (χ4n) is 3.17. The van der Waals surface area contributed by atoms with Gasteiger partial charge in [0.25, 0.3) is 5.91 Å². The average molecular weight is 416 g/mol. The van der Waals surface area contributed by atoms with Gasteiger partial charge in [0.15, 0.2) is 6.61 Å². The second-order valence-corrected chi connectivity index (χ2v) is 7.53. The van der Waals surface area contributed by atoms with E-state index in [-0.39, 0.29) is 24.9 Å². The van der Waals surface area contributed by atoms with Crippen molar-refractivity contribution in [3.8, 4) is 0 Å². The van der Waals surface area contributed by atoms with Crippen LogP contribution >= 0.6 is 15.9 Å². The second kappa shape index (κ2) is 8.49. The molecule has 4 nitrogen and oxygen atoms in total. The van der Waals surface area contributed by atoms with E-state index >= 15 is 0 Å². The number of hydrogen-bond acceptors (Lipinski definition) is 3. The number of amides is 1. The summed E-state index contributed by atoms with van der Waals surface area (Å²) < 4.78 is 5.92. The van der Waals surface area contributed by atoms with Crippen LogP contribution in [-0.4, -0.2) is 18.5 Å². The van der Waals surface area contributed by atoms with E-state index in [4.69, 9.17) is 4.74 Å². The molecular weight excluding hydrogens is 394 g/mol. The van der Waals surface area contributed by atoms with Gasteiger partial charge in [0.05, 0.1) is 12.1 Å². The van der Waals surface area contributed by atoms with Crippen LogP contribution in [0.5, 0.6) is 0 Å². The molecule has 1 amide bonds. The number of nitrogens with one attached hydrogen (secondary N) is 1. The summed E-state index contributed by atoms with van der Waals surface area (Å²) in [5.74, 6) is -0.743. The third-order valence-corrected chi connectivity index (χ3v) is 5.18. The second-order valence-electron chi connectivity index (χ2n) is 6.68. The molecule has 2 aromatic carbocycles. The summed E-state index contributed by atoms with van der Waals surface area (Å²) in [6.45, 7) is 1.68. The van der Waals surface area contributed by atoms with Crippen molar-refractivity contribution < 1.29 is 14.3 Å². The maximum atomic E-state index is 12.0. The van der Waals surface area contributed by atoms with Gasteiger partial charge < -0.3 is 10.1 Å². The first-order valence-electron chi connectivity index (χ1n) is 8.83. The molecule has 0 atom stereocenters. The predicted molar refractivity (Wildman–Crippen MR) is 105 cm³/mol. The molecule has 1 aliphatic carbocycles. The third kappa shape index (κ3) is 4.94. The molecule has 136 valence electrons. The lowest BCUT2D eigenvalue weighted by atomic mass is 9.90. The maximum absolute atomic E-state index is 12.0. The van der Waals surface area contributed by atoms with Gasteiger partial charge >= 0.3 is 5.97 Å². The molecule has 26 heavy (non-hydrogen) atoms. The molecule has 0 heterocycles. The van der Waals surface area contributed by atoms with E-state index in [1.807, 2.05) is 31.2 Å². The lowest BCUT2D eigenvalue weighted by molar-refractivity contribution is -0.146. The van der Waals surface area contributed by atoms with Crippen LogP contribution in [-0.2, 0) is 33.6 Å². The molecule has 1 N–H and O–H groups in total. The minimum atomic E-state index is -0.390. The van der Waals surface area contributed by atoms with E-state index in [1.165, 1.54) is 24.0 Å². The summed E-state index contributed by atoms with van der Waals surface area (Å²) in [6, 6.07) is 11.8. The van der Waals surface area contributed by atoms with Crippen LogP contribution in [0.4, 0.5) is 5.69 Å². The molecule has 0 radical (unpaired) electrons. The van der Waals surface area contributed by atoms with Gasteiger partial charge in [0.1, 0.15) is 0 Å². The molecule has 2 aromatic rings. The van der Waals surface area contributed by atoms with Gasteiger partial charge in [-0.15, -0.1) is 0 Å². The van der Waals surface area contributed by atoms with E-state index in [9.17, 15) is 9.59 Å². The van der Waals surface area contributed by atoms with Crippen molar-refractivity contribution in [2.75, 3.05) is 11.9 Å². The number of esters is 1. The van der Waals surface area contributed by atoms with Crippen LogP contribution in [0.15, 0.2) is 40.9 Å². The standard InChI is InChI=1S/C21H22BrNO3/c1-14-6-9-19(18(22)10-14)23-20(24)13-26-21(25)12-15-7-8-16-4-2-3-5-17(16)11-15/h6-11H,2-5,12-13H2,1H3,(H,23,24). The number of halogens is 1. The van der Waals surface area contributed by atoms with Crippen LogP contribution < -0.4 is 5.32 Å². The van der Waals surface area contributed by atoms with E-state index in [2.05, 4.69) is 33.4 Å². The molecule has 0 bridgehead atoms. The van der Waals surface area contributed by atoms with Gasteiger partial charge in [0.2, 0.25) is 0 Å². The number of carbonyl (C=O) groups is 2. The topological polar surface area (TPSA) is 55.4 Å². The minimum absolute atomic E-state index is 0.189. The lowest BCUT2D eigenvalue weighted by Gasteiger charge is -2.16. The Kier molecular flexibility index (Phi) is 6.09. The number of rotatable bonds is 5. The highest BCUT2D eigenvalue weighted by atomic mass is 79.9. The minimum Gasteiger partial charge on any atom is -0.455 e. The van der Waals surface area contributed by atoms with Gasteiger partial charge in [-0.25, -0.2) is 0 Å². The van der Waals surface area contributed by atoms with Crippen molar-refractivity contribution in [1.29, 1.82) is 0 Å². The highest BCUT2D eigenvalue weighted by Crippen LogP contribution is 2.24. The van der Waals surface area contributed by atoms with E-state index in [0.717, 1.165) is 28.4 Å². The van der Waals surface area contributed by atoms with Crippen molar-refractivity contribution in [2.45, 2.75) is 39.0 Å². The third-order valence-electron chi connectivity index (χ3n) is 4.52. The summed E-state index contributed by atoms with van der Waals surface area (Å²) in [7, 11) is 0. The molecule has 1 aliphatic rings. The zero-order chi connectivity index (χ0) is 18.5. The van der Waals surface area contributed by atoms with Gasteiger partial charge in [-0.1, -0.05) is 24.3 Å². The van der Waals surface area contributed by atoms with Crippen molar-refractivity contribution in [3.63, 3.8) is 0 Å². The van der Waals surface area contributed by atoms with E-state index < -0.39 is 0 Å². The summed E-state index contributed by atoms with van der Waals surface area (Å²) in [5.41, 5.74) is 5.41. The number of ether oxygens (including phenoxy) is 1. The fourth-order valence-corrected chi connectivity index (χ4v) is 3.76. The summed E-state index contributed by atoms with van der Waals surface area (Å²) in [6.07, 6.45) is 4.83.